The number of rotatable bonds is 3. The Hall–Kier alpha value is -2.75. The molecule has 0 saturated carbocycles. The summed E-state index contributed by atoms with van der Waals surface area (Å²) in [5.74, 6) is -0.893. The number of benzene rings is 1. The van der Waals surface area contributed by atoms with E-state index in [0.29, 0.717) is 11.0 Å². The predicted molar refractivity (Wildman–Crippen MR) is 95.8 cm³/mol. The third kappa shape index (κ3) is 3.07. The molecule has 136 valence electrons. The maximum atomic E-state index is 13.6. The lowest BCUT2D eigenvalue weighted by molar-refractivity contribution is -0.367. The molecule has 2 aliphatic heterocycles. The Balaban J connectivity index is 1.70. The molecular weight excluding hydrogens is 361 g/mol. The number of nitrogens with one attached hydrogen (secondary N) is 1. The standard InChI is InChI=1S/C16H16FN5O3S/c1-20-13-12(14(24)22(3)16(25)21(13)2)19-15(20)26-8-11(23)18-10-7-5-4-6-9(10)17/h4-7,12H,8H2,1-3H3/p+1. The lowest BCUT2D eigenvalue weighted by Crippen LogP contribution is -2.59. The summed E-state index contributed by atoms with van der Waals surface area (Å²) in [6, 6.07) is 4.64. The molecule has 1 aromatic rings. The number of amidine groups is 2. The molecule has 1 N–H and O–H groups in total. The van der Waals surface area contributed by atoms with Gasteiger partial charge in [-0.25, -0.2) is 18.7 Å². The number of likely N-dealkylation sites (N-methyl/N-ethyl adjacent to an activating group) is 2. The van der Waals surface area contributed by atoms with Crippen molar-refractivity contribution >= 4 is 46.3 Å². The van der Waals surface area contributed by atoms with Crippen molar-refractivity contribution in [2.24, 2.45) is 4.99 Å². The Morgan fingerprint density at radius 2 is 2.00 bits per heavy atom. The van der Waals surface area contributed by atoms with Gasteiger partial charge in [-0.15, -0.1) is 4.99 Å². The van der Waals surface area contributed by atoms with Crippen molar-refractivity contribution < 1.29 is 23.3 Å². The third-order valence-electron chi connectivity index (χ3n) is 4.08. The van der Waals surface area contributed by atoms with Gasteiger partial charge in [0.2, 0.25) is 5.91 Å². The molecule has 2 heterocycles. The van der Waals surface area contributed by atoms with Gasteiger partial charge in [-0.05, 0) is 23.9 Å². The molecule has 1 unspecified atom stereocenters. The lowest BCUT2D eigenvalue weighted by atomic mass is 10.2. The first-order chi connectivity index (χ1) is 12.3. The molecule has 8 nitrogen and oxygen atoms in total. The van der Waals surface area contributed by atoms with Gasteiger partial charge < -0.3 is 5.32 Å². The van der Waals surface area contributed by atoms with Gasteiger partial charge >= 0.3 is 6.03 Å². The van der Waals surface area contributed by atoms with Crippen molar-refractivity contribution in [3.63, 3.8) is 0 Å². The summed E-state index contributed by atoms with van der Waals surface area (Å²) in [6.45, 7) is 0. The van der Waals surface area contributed by atoms with Crippen molar-refractivity contribution in [3.8, 4) is 0 Å². The summed E-state index contributed by atoms with van der Waals surface area (Å²) in [5.41, 5.74) is 0.102. The van der Waals surface area contributed by atoms with Crippen molar-refractivity contribution in [1.82, 2.24) is 9.80 Å². The van der Waals surface area contributed by atoms with E-state index >= 15 is 0 Å². The van der Waals surface area contributed by atoms with Crippen LogP contribution in [0.1, 0.15) is 0 Å². The predicted octanol–water partition coefficient (Wildman–Crippen LogP) is 0.800. The number of anilines is 1. The van der Waals surface area contributed by atoms with E-state index in [2.05, 4.69) is 10.3 Å². The highest BCUT2D eigenvalue weighted by Crippen LogP contribution is 2.22. The maximum Gasteiger partial charge on any atom is 0.388 e. The zero-order chi connectivity index (χ0) is 19.0. The largest absolute Gasteiger partial charge is 0.388 e. The van der Waals surface area contributed by atoms with E-state index in [9.17, 15) is 18.8 Å². The van der Waals surface area contributed by atoms with E-state index in [0.717, 1.165) is 16.7 Å². The monoisotopic (exact) mass is 378 g/mol. The first-order valence-corrected chi connectivity index (χ1v) is 8.70. The van der Waals surface area contributed by atoms with Crippen LogP contribution in [0.2, 0.25) is 0 Å². The number of hydrogen-bond donors (Lipinski definition) is 1. The minimum atomic E-state index is -0.801. The topological polar surface area (TPSA) is 85.1 Å². The highest BCUT2D eigenvalue weighted by Gasteiger charge is 2.51. The van der Waals surface area contributed by atoms with Crippen LogP contribution in [0.15, 0.2) is 29.3 Å². The molecule has 10 heteroatoms. The number of thioether (sulfide) groups is 1. The van der Waals surface area contributed by atoms with Crippen LogP contribution >= 0.6 is 11.8 Å². The van der Waals surface area contributed by atoms with E-state index < -0.39 is 29.7 Å². The van der Waals surface area contributed by atoms with Gasteiger partial charge in [0.1, 0.15) is 5.82 Å². The van der Waals surface area contributed by atoms with Crippen LogP contribution in [-0.2, 0) is 9.59 Å². The average Bonchev–Trinajstić information content (AvgIpc) is 2.95. The number of hydrogen-bond acceptors (Lipinski definition) is 5. The van der Waals surface area contributed by atoms with Crippen molar-refractivity contribution in [2.45, 2.75) is 6.04 Å². The molecule has 26 heavy (non-hydrogen) atoms. The average molecular weight is 378 g/mol. The fraction of sp³-hybridized carbons (Fsp3) is 0.312. The third-order valence-corrected chi connectivity index (χ3v) is 5.12. The maximum absolute atomic E-state index is 13.6. The molecule has 4 amide bonds. The normalized spacial score (nSPS) is 19.7. The van der Waals surface area contributed by atoms with Gasteiger partial charge in [-0.1, -0.05) is 12.1 Å². The van der Waals surface area contributed by atoms with E-state index in [-0.39, 0.29) is 11.4 Å². The molecule has 0 spiro atoms. The number of nitrogens with zero attached hydrogens (tertiary/aromatic N) is 4. The van der Waals surface area contributed by atoms with E-state index in [1.54, 1.807) is 24.7 Å². The number of urea groups is 1. The summed E-state index contributed by atoms with van der Waals surface area (Å²) >= 11 is 1.11. The smallest absolute Gasteiger partial charge is 0.323 e. The molecule has 1 atom stereocenters. The highest BCUT2D eigenvalue weighted by atomic mass is 32.2. The van der Waals surface area contributed by atoms with Crippen LogP contribution in [0, 0.1) is 5.82 Å². The van der Waals surface area contributed by atoms with Crippen molar-refractivity contribution in [1.29, 1.82) is 0 Å². The summed E-state index contributed by atoms with van der Waals surface area (Å²) in [7, 11) is 4.65. The second-order valence-electron chi connectivity index (χ2n) is 5.79. The molecule has 1 fully saturated rings. The van der Waals surface area contributed by atoms with E-state index in [1.165, 1.54) is 30.1 Å². The summed E-state index contributed by atoms with van der Waals surface area (Å²) in [6.07, 6.45) is 0. The number of halogens is 1. The van der Waals surface area contributed by atoms with Gasteiger partial charge in [0.05, 0.1) is 25.5 Å². The second-order valence-corrected chi connectivity index (χ2v) is 6.73. The second kappa shape index (κ2) is 6.87. The van der Waals surface area contributed by atoms with Crippen LogP contribution in [0.25, 0.3) is 0 Å². The number of para-hydroxylation sites is 1. The number of fused-ring (bicyclic) bond motifs is 1. The Kier molecular flexibility index (Phi) is 4.77. The molecular formula is C16H17FN5O3S+. The van der Waals surface area contributed by atoms with E-state index in [4.69, 9.17) is 0 Å². The molecule has 3 rings (SSSR count). The van der Waals surface area contributed by atoms with Crippen LogP contribution in [0.4, 0.5) is 14.9 Å². The summed E-state index contributed by atoms with van der Waals surface area (Å²) in [5, 5.41) is 2.93. The molecule has 0 radical (unpaired) electrons. The van der Waals surface area contributed by atoms with Crippen molar-refractivity contribution in [3.05, 3.63) is 30.1 Å². The van der Waals surface area contributed by atoms with Crippen LogP contribution in [-0.4, -0.2) is 76.2 Å². The minimum absolute atomic E-state index is 0.0147. The molecule has 1 saturated heterocycles. The summed E-state index contributed by atoms with van der Waals surface area (Å²) in [4.78, 5) is 43.1. The molecule has 2 aliphatic rings. The van der Waals surface area contributed by atoms with Gasteiger partial charge in [0, 0.05) is 7.05 Å². The molecule has 0 aliphatic carbocycles. The van der Waals surface area contributed by atoms with Crippen LogP contribution in [0.3, 0.4) is 0 Å². The van der Waals surface area contributed by atoms with Gasteiger partial charge in [0.15, 0.2) is 0 Å². The van der Waals surface area contributed by atoms with Crippen LogP contribution in [0.5, 0.6) is 0 Å². The lowest BCUT2D eigenvalue weighted by Gasteiger charge is -2.27. The van der Waals surface area contributed by atoms with Crippen LogP contribution < -0.4 is 5.32 Å². The Morgan fingerprint density at radius 3 is 2.69 bits per heavy atom. The minimum Gasteiger partial charge on any atom is -0.323 e. The van der Waals surface area contributed by atoms with Gasteiger partial charge in [0.25, 0.3) is 23.0 Å². The summed E-state index contributed by atoms with van der Waals surface area (Å²) < 4.78 is 15.2. The Morgan fingerprint density at radius 1 is 1.31 bits per heavy atom. The SMILES string of the molecule is CN1C(=O)C2N=C(SCC(=O)Nc3ccccc3F)[N+](C)=C2N(C)C1=O. The number of aliphatic imine (C=N–C) groups is 1. The van der Waals surface area contributed by atoms with Gasteiger partial charge in [-0.3, -0.25) is 14.5 Å². The number of imide groups is 1. The zero-order valence-electron chi connectivity index (χ0n) is 14.4. The fourth-order valence-corrected chi connectivity index (χ4v) is 3.52. The number of carbonyl (C=O) groups is 3. The first-order valence-electron chi connectivity index (χ1n) is 7.72. The highest BCUT2D eigenvalue weighted by molar-refractivity contribution is 8.14. The number of amides is 4. The first kappa shape index (κ1) is 18.1. The number of carbonyl (C=O) groups excluding carboxylic acids is 3. The molecule has 0 bridgehead atoms. The molecule has 1 aromatic carbocycles. The molecule has 0 aromatic heterocycles. The Bertz CT molecular complexity index is 869. The fourth-order valence-electron chi connectivity index (χ4n) is 2.72. The quantitative estimate of drug-likeness (QED) is 0.789. The Labute approximate surface area is 153 Å². The van der Waals surface area contributed by atoms with E-state index in [1.807, 2.05) is 0 Å². The van der Waals surface area contributed by atoms with Gasteiger partial charge in [-0.2, -0.15) is 0 Å². The zero-order valence-corrected chi connectivity index (χ0v) is 15.2. The van der Waals surface area contributed by atoms with Crippen molar-refractivity contribution in [2.75, 3.05) is 32.2 Å².